The first-order valence-corrected chi connectivity index (χ1v) is 6.48. The maximum absolute atomic E-state index is 11.2. The Labute approximate surface area is 111 Å². The minimum atomic E-state index is -0.940. The van der Waals surface area contributed by atoms with Gasteiger partial charge < -0.3 is 10.4 Å². The molecule has 0 bridgehead atoms. The van der Waals surface area contributed by atoms with Crippen LogP contribution in [0.2, 0.25) is 0 Å². The van der Waals surface area contributed by atoms with Crippen molar-refractivity contribution in [3.8, 4) is 0 Å². The molecule has 1 aromatic carbocycles. The fourth-order valence-corrected chi connectivity index (χ4v) is 2.58. The van der Waals surface area contributed by atoms with Gasteiger partial charge in [-0.25, -0.2) is 9.78 Å². The number of rotatable bonds is 3. The van der Waals surface area contributed by atoms with Crippen LogP contribution in [0.1, 0.15) is 36.5 Å². The van der Waals surface area contributed by atoms with Crippen molar-refractivity contribution in [3.63, 3.8) is 0 Å². The summed E-state index contributed by atoms with van der Waals surface area (Å²) in [7, 11) is 0. The van der Waals surface area contributed by atoms with E-state index in [4.69, 9.17) is 0 Å². The van der Waals surface area contributed by atoms with Crippen LogP contribution in [0.25, 0.3) is 10.8 Å². The van der Waals surface area contributed by atoms with Crippen LogP contribution in [0.4, 0.5) is 5.82 Å². The highest BCUT2D eigenvalue weighted by atomic mass is 16.4. The fourth-order valence-electron chi connectivity index (χ4n) is 2.58. The van der Waals surface area contributed by atoms with Crippen LogP contribution in [0.3, 0.4) is 0 Å². The summed E-state index contributed by atoms with van der Waals surface area (Å²) in [5.74, 6) is -0.159. The molecule has 1 aliphatic rings. The predicted molar refractivity (Wildman–Crippen MR) is 74.6 cm³/mol. The van der Waals surface area contributed by atoms with Crippen molar-refractivity contribution < 1.29 is 9.90 Å². The second-order valence-corrected chi connectivity index (χ2v) is 5.41. The van der Waals surface area contributed by atoms with Gasteiger partial charge in [0.05, 0.1) is 5.56 Å². The van der Waals surface area contributed by atoms with Gasteiger partial charge in [0.15, 0.2) is 0 Å². The number of benzene rings is 1. The minimum Gasteiger partial charge on any atom is -0.478 e. The molecule has 0 radical (unpaired) electrons. The van der Waals surface area contributed by atoms with E-state index in [1.165, 1.54) is 12.6 Å². The van der Waals surface area contributed by atoms with Crippen LogP contribution >= 0.6 is 0 Å². The first-order valence-electron chi connectivity index (χ1n) is 6.48. The van der Waals surface area contributed by atoms with E-state index in [9.17, 15) is 9.90 Å². The van der Waals surface area contributed by atoms with Crippen molar-refractivity contribution in [2.45, 2.75) is 31.7 Å². The predicted octanol–water partition coefficient (Wildman–Crippen LogP) is 3.29. The third-order valence-electron chi connectivity index (χ3n) is 3.90. The summed E-state index contributed by atoms with van der Waals surface area (Å²) in [6.07, 6.45) is 4.93. The molecule has 0 atom stereocenters. The maximum atomic E-state index is 11.2. The van der Waals surface area contributed by atoms with Crippen molar-refractivity contribution in [3.05, 3.63) is 36.0 Å². The van der Waals surface area contributed by atoms with Crippen LogP contribution in [0.5, 0.6) is 0 Å². The summed E-state index contributed by atoms with van der Waals surface area (Å²) in [4.78, 5) is 15.5. The Morgan fingerprint density at radius 3 is 2.58 bits per heavy atom. The van der Waals surface area contributed by atoms with E-state index in [0.717, 1.165) is 29.4 Å². The van der Waals surface area contributed by atoms with Gasteiger partial charge in [-0.05, 0) is 26.2 Å². The third kappa shape index (κ3) is 2.03. The van der Waals surface area contributed by atoms with Crippen molar-refractivity contribution in [2.75, 3.05) is 5.32 Å². The number of nitrogens with zero attached hydrogens (tertiary/aromatic N) is 1. The number of carboxylic acid groups (broad SMARTS) is 1. The minimum absolute atomic E-state index is 0.0977. The van der Waals surface area contributed by atoms with Crippen molar-refractivity contribution in [2.24, 2.45) is 0 Å². The average molecular weight is 256 g/mol. The molecule has 0 saturated heterocycles. The van der Waals surface area contributed by atoms with E-state index in [-0.39, 0.29) is 11.1 Å². The van der Waals surface area contributed by atoms with Gasteiger partial charge in [0.25, 0.3) is 0 Å². The van der Waals surface area contributed by atoms with Crippen LogP contribution in [-0.2, 0) is 0 Å². The first kappa shape index (κ1) is 12.0. The van der Waals surface area contributed by atoms with Crippen LogP contribution in [0, 0.1) is 0 Å². The van der Waals surface area contributed by atoms with Gasteiger partial charge in [0.1, 0.15) is 5.82 Å². The molecule has 98 valence electrons. The van der Waals surface area contributed by atoms with Crippen LogP contribution in [0.15, 0.2) is 30.5 Å². The van der Waals surface area contributed by atoms with Crippen molar-refractivity contribution >= 4 is 22.6 Å². The summed E-state index contributed by atoms with van der Waals surface area (Å²) >= 11 is 0. The summed E-state index contributed by atoms with van der Waals surface area (Å²) in [6, 6.07) is 7.50. The number of hydrogen-bond donors (Lipinski definition) is 2. The van der Waals surface area contributed by atoms with E-state index in [1.807, 2.05) is 24.3 Å². The Bertz CT molecular complexity index is 648. The molecular formula is C15H16N2O2. The summed E-state index contributed by atoms with van der Waals surface area (Å²) in [5.41, 5.74) is 0.348. The Hall–Kier alpha value is -2.10. The Balaban J connectivity index is 2.11. The molecule has 4 heteroatoms. The van der Waals surface area contributed by atoms with E-state index in [2.05, 4.69) is 17.2 Å². The third-order valence-corrected chi connectivity index (χ3v) is 3.90. The quantitative estimate of drug-likeness (QED) is 0.884. The zero-order valence-corrected chi connectivity index (χ0v) is 10.8. The molecule has 1 aliphatic carbocycles. The van der Waals surface area contributed by atoms with Gasteiger partial charge in [0.2, 0.25) is 0 Å². The molecule has 0 unspecified atom stereocenters. The molecule has 0 amide bonds. The molecule has 2 N–H and O–H groups in total. The fraction of sp³-hybridized carbons (Fsp3) is 0.333. The topological polar surface area (TPSA) is 62.2 Å². The molecule has 0 spiro atoms. The lowest BCUT2D eigenvalue weighted by Gasteiger charge is -2.39. The zero-order chi connectivity index (χ0) is 13.5. The molecule has 2 aromatic rings. The van der Waals surface area contributed by atoms with Gasteiger partial charge in [-0.3, -0.25) is 0 Å². The number of hydrogen-bond acceptors (Lipinski definition) is 3. The maximum Gasteiger partial charge on any atom is 0.337 e. The lowest BCUT2D eigenvalue weighted by Crippen LogP contribution is -2.41. The second-order valence-electron chi connectivity index (χ2n) is 5.41. The van der Waals surface area contributed by atoms with E-state index >= 15 is 0 Å². The monoisotopic (exact) mass is 256 g/mol. The Morgan fingerprint density at radius 2 is 2.00 bits per heavy atom. The lowest BCUT2D eigenvalue weighted by atomic mass is 9.78. The number of carboxylic acids is 1. The molecule has 0 aliphatic heterocycles. The Morgan fingerprint density at radius 1 is 1.32 bits per heavy atom. The Kier molecular flexibility index (Phi) is 2.66. The molecule has 1 fully saturated rings. The number of fused-ring (bicyclic) bond motifs is 1. The smallest absolute Gasteiger partial charge is 0.337 e. The molecule has 4 nitrogen and oxygen atoms in total. The van der Waals surface area contributed by atoms with Gasteiger partial charge >= 0.3 is 5.97 Å². The van der Waals surface area contributed by atoms with Gasteiger partial charge in [0, 0.05) is 22.5 Å². The first-order chi connectivity index (χ1) is 9.09. The largest absolute Gasteiger partial charge is 0.478 e. The van der Waals surface area contributed by atoms with E-state index < -0.39 is 5.97 Å². The highest BCUT2D eigenvalue weighted by Crippen LogP contribution is 2.36. The van der Waals surface area contributed by atoms with Crippen molar-refractivity contribution in [1.29, 1.82) is 0 Å². The summed E-state index contributed by atoms with van der Waals surface area (Å²) in [5, 5.41) is 14.3. The number of anilines is 1. The van der Waals surface area contributed by atoms with E-state index in [1.54, 1.807) is 0 Å². The lowest BCUT2D eigenvalue weighted by molar-refractivity contribution is 0.0698. The molecule has 1 heterocycles. The van der Waals surface area contributed by atoms with Crippen LogP contribution < -0.4 is 5.32 Å². The SMILES string of the molecule is CC1(Nc2ncc(C(=O)O)c3ccccc23)CCC1. The van der Waals surface area contributed by atoms with Gasteiger partial charge in [-0.15, -0.1) is 0 Å². The zero-order valence-electron chi connectivity index (χ0n) is 10.8. The van der Waals surface area contributed by atoms with Crippen molar-refractivity contribution in [1.82, 2.24) is 4.98 Å². The highest BCUT2D eigenvalue weighted by Gasteiger charge is 2.32. The summed E-state index contributed by atoms with van der Waals surface area (Å²) < 4.78 is 0. The number of aromatic nitrogens is 1. The number of pyridine rings is 1. The standard InChI is InChI=1S/C15H16N2O2/c1-15(7-4-8-15)17-13-11-6-3-2-5-10(11)12(9-16-13)14(18)19/h2-3,5-6,9H,4,7-8H2,1H3,(H,16,17)(H,18,19). The molecule has 1 saturated carbocycles. The normalized spacial score (nSPS) is 16.9. The average Bonchev–Trinajstić information content (AvgIpc) is 2.37. The second kappa shape index (κ2) is 4.23. The van der Waals surface area contributed by atoms with Gasteiger partial charge in [-0.1, -0.05) is 24.3 Å². The molecular weight excluding hydrogens is 240 g/mol. The molecule has 1 aromatic heterocycles. The highest BCUT2D eigenvalue weighted by molar-refractivity contribution is 6.06. The molecule has 3 rings (SSSR count). The summed E-state index contributed by atoms with van der Waals surface area (Å²) in [6.45, 7) is 2.18. The van der Waals surface area contributed by atoms with Gasteiger partial charge in [-0.2, -0.15) is 0 Å². The molecule has 19 heavy (non-hydrogen) atoms. The van der Waals surface area contributed by atoms with Crippen LogP contribution in [-0.4, -0.2) is 21.6 Å². The number of nitrogens with one attached hydrogen (secondary N) is 1. The number of carbonyl (C=O) groups is 1. The van der Waals surface area contributed by atoms with E-state index in [0.29, 0.717) is 0 Å². The number of aromatic carboxylic acids is 1.